The Morgan fingerprint density at radius 3 is 2.52 bits per heavy atom. The average molecular weight is 283 g/mol. The number of aryl methyl sites for hydroxylation is 1. The molecule has 1 fully saturated rings. The highest BCUT2D eigenvalue weighted by Crippen LogP contribution is 2.29. The quantitative estimate of drug-likeness (QED) is 0.610. The zero-order valence-electron chi connectivity index (χ0n) is 12.0. The van der Waals surface area contributed by atoms with Crippen LogP contribution in [0.1, 0.15) is 39.1 Å². The van der Waals surface area contributed by atoms with E-state index in [0.29, 0.717) is 17.7 Å². The maximum Gasteiger partial charge on any atom is 0.261 e. The molecule has 1 aromatic carbocycles. The minimum atomic E-state index is -0.172. The molecule has 3 rings (SSSR count). The van der Waals surface area contributed by atoms with Crippen molar-refractivity contribution in [1.29, 1.82) is 5.26 Å². The van der Waals surface area contributed by atoms with Crippen LogP contribution in [-0.4, -0.2) is 47.3 Å². The molecule has 2 aliphatic heterocycles. The van der Waals surface area contributed by atoms with E-state index in [2.05, 4.69) is 11.0 Å². The summed E-state index contributed by atoms with van der Waals surface area (Å²) in [5, 5.41) is 8.71. The lowest BCUT2D eigenvalue weighted by Gasteiger charge is -2.34. The van der Waals surface area contributed by atoms with Crippen molar-refractivity contribution in [2.45, 2.75) is 25.8 Å². The Labute approximate surface area is 123 Å². The summed E-state index contributed by atoms with van der Waals surface area (Å²) in [5.74, 6) is -0.342. The molecule has 1 saturated heterocycles. The van der Waals surface area contributed by atoms with Gasteiger partial charge in [-0.15, -0.1) is 0 Å². The number of carbonyl (C=O) groups excluding carboxylic acids is 2. The van der Waals surface area contributed by atoms with Crippen molar-refractivity contribution >= 4 is 11.8 Å². The summed E-state index contributed by atoms with van der Waals surface area (Å²) >= 11 is 0. The van der Waals surface area contributed by atoms with Gasteiger partial charge in [0.2, 0.25) is 0 Å². The van der Waals surface area contributed by atoms with E-state index < -0.39 is 0 Å². The van der Waals surface area contributed by atoms with Crippen LogP contribution >= 0.6 is 0 Å². The van der Waals surface area contributed by atoms with Gasteiger partial charge in [0.15, 0.2) is 0 Å². The standard InChI is InChI=1S/C16H17N3O2/c1-11-2-3-13-14(10-11)16(21)19(15(13)20)12-4-7-18(8-5-12)9-6-17/h2-3,10,12H,4-5,7-9H2,1H3. The number of fused-ring (bicyclic) bond motifs is 1. The van der Waals surface area contributed by atoms with E-state index in [9.17, 15) is 9.59 Å². The molecular weight excluding hydrogens is 266 g/mol. The number of benzene rings is 1. The summed E-state index contributed by atoms with van der Waals surface area (Å²) in [7, 11) is 0. The predicted octanol–water partition coefficient (Wildman–Crippen LogP) is 1.58. The van der Waals surface area contributed by atoms with Gasteiger partial charge in [-0.2, -0.15) is 5.26 Å². The van der Waals surface area contributed by atoms with Crippen molar-refractivity contribution < 1.29 is 9.59 Å². The van der Waals surface area contributed by atoms with Crippen LogP contribution in [0, 0.1) is 18.3 Å². The molecule has 0 unspecified atom stereocenters. The average Bonchev–Trinajstić information content (AvgIpc) is 2.72. The van der Waals surface area contributed by atoms with E-state index in [1.807, 2.05) is 13.0 Å². The number of nitrogens with zero attached hydrogens (tertiary/aromatic N) is 3. The van der Waals surface area contributed by atoms with Crippen LogP contribution in [0.4, 0.5) is 0 Å². The molecule has 0 saturated carbocycles. The van der Waals surface area contributed by atoms with Crippen molar-refractivity contribution in [1.82, 2.24) is 9.80 Å². The van der Waals surface area contributed by atoms with Gasteiger partial charge in [-0.3, -0.25) is 19.4 Å². The molecule has 2 amide bonds. The lowest BCUT2D eigenvalue weighted by atomic mass is 10.0. The van der Waals surface area contributed by atoms with Gasteiger partial charge in [0.25, 0.3) is 11.8 Å². The van der Waals surface area contributed by atoms with E-state index in [1.54, 1.807) is 12.1 Å². The summed E-state index contributed by atoms with van der Waals surface area (Å²) in [4.78, 5) is 28.4. The van der Waals surface area contributed by atoms with Crippen molar-refractivity contribution in [3.8, 4) is 6.07 Å². The molecule has 108 valence electrons. The summed E-state index contributed by atoms with van der Waals surface area (Å²) in [5.41, 5.74) is 2.03. The highest BCUT2D eigenvalue weighted by Gasteiger charge is 2.40. The first-order chi connectivity index (χ1) is 10.1. The summed E-state index contributed by atoms with van der Waals surface area (Å²) in [6.45, 7) is 3.84. The van der Waals surface area contributed by atoms with Gasteiger partial charge in [-0.25, -0.2) is 0 Å². The van der Waals surface area contributed by atoms with E-state index in [0.717, 1.165) is 31.5 Å². The third kappa shape index (κ3) is 2.32. The molecule has 0 atom stereocenters. The Balaban J connectivity index is 1.78. The van der Waals surface area contributed by atoms with Gasteiger partial charge in [0, 0.05) is 19.1 Å². The molecule has 0 radical (unpaired) electrons. The number of likely N-dealkylation sites (tertiary alicyclic amines) is 1. The molecular formula is C16H17N3O2. The molecule has 5 nitrogen and oxygen atoms in total. The number of nitriles is 1. The summed E-state index contributed by atoms with van der Waals surface area (Å²) in [6, 6.07) is 7.49. The van der Waals surface area contributed by atoms with E-state index in [1.165, 1.54) is 4.90 Å². The third-order valence-electron chi connectivity index (χ3n) is 4.29. The van der Waals surface area contributed by atoms with Crippen molar-refractivity contribution in [3.63, 3.8) is 0 Å². The molecule has 0 aromatic heterocycles. The fourth-order valence-corrected chi connectivity index (χ4v) is 3.14. The highest BCUT2D eigenvalue weighted by atomic mass is 16.2. The van der Waals surface area contributed by atoms with Crippen LogP contribution < -0.4 is 0 Å². The number of hydrogen-bond acceptors (Lipinski definition) is 4. The Bertz CT molecular complexity index is 639. The first-order valence-corrected chi connectivity index (χ1v) is 7.19. The fourth-order valence-electron chi connectivity index (χ4n) is 3.14. The molecule has 0 N–H and O–H groups in total. The molecule has 21 heavy (non-hydrogen) atoms. The zero-order chi connectivity index (χ0) is 15.0. The Hall–Kier alpha value is -2.19. The predicted molar refractivity (Wildman–Crippen MR) is 76.8 cm³/mol. The van der Waals surface area contributed by atoms with E-state index >= 15 is 0 Å². The minimum Gasteiger partial charge on any atom is -0.290 e. The topological polar surface area (TPSA) is 64.4 Å². The number of hydrogen-bond donors (Lipinski definition) is 0. The molecule has 1 aromatic rings. The smallest absolute Gasteiger partial charge is 0.261 e. The molecule has 5 heteroatoms. The number of rotatable bonds is 2. The first-order valence-electron chi connectivity index (χ1n) is 7.19. The van der Waals surface area contributed by atoms with Crippen molar-refractivity contribution in [3.05, 3.63) is 34.9 Å². The zero-order valence-corrected chi connectivity index (χ0v) is 12.0. The highest BCUT2D eigenvalue weighted by molar-refractivity contribution is 6.21. The second-order valence-electron chi connectivity index (χ2n) is 5.69. The molecule has 0 bridgehead atoms. The number of piperidine rings is 1. The van der Waals surface area contributed by atoms with Crippen LogP contribution in [0.25, 0.3) is 0 Å². The number of imide groups is 1. The van der Waals surface area contributed by atoms with Crippen molar-refractivity contribution in [2.75, 3.05) is 19.6 Å². The van der Waals surface area contributed by atoms with Crippen LogP contribution in [0.5, 0.6) is 0 Å². The largest absolute Gasteiger partial charge is 0.290 e. The second-order valence-corrected chi connectivity index (χ2v) is 5.69. The van der Waals surface area contributed by atoms with Gasteiger partial charge in [0.05, 0.1) is 23.7 Å². The lowest BCUT2D eigenvalue weighted by Crippen LogP contribution is -2.47. The molecule has 0 aliphatic carbocycles. The van der Waals surface area contributed by atoms with Gasteiger partial charge in [0.1, 0.15) is 0 Å². The maximum absolute atomic E-state index is 12.5. The molecule has 2 heterocycles. The number of amides is 2. The first kappa shape index (κ1) is 13.8. The minimum absolute atomic E-state index is 0.0485. The Morgan fingerprint density at radius 1 is 1.19 bits per heavy atom. The summed E-state index contributed by atoms with van der Waals surface area (Å²) < 4.78 is 0. The second kappa shape index (κ2) is 5.30. The van der Waals surface area contributed by atoms with Gasteiger partial charge < -0.3 is 0 Å². The van der Waals surface area contributed by atoms with E-state index in [4.69, 9.17) is 5.26 Å². The number of carbonyl (C=O) groups is 2. The third-order valence-corrected chi connectivity index (χ3v) is 4.29. The normalized spacial score (nSPS) is 19.7. The van der Waals surface area contributed by atoms with Crippen molar-refractivity contribution in [2.24, 2.45) is 0 Å². The van der Waals surface area contributed by atoms with E-state index in [-0.39, 0.29) is 17.9 Å². The molecule has 2 aliphatic rings. The van der Waals surface area contributed by atoms with Gasteiger partial charge >= 0.3 is 0 Å². The van der Waals surface area contributed by atoms with Crippen LogP contribution in [0.2, 0.25) is 0 Å². The molecule has 0 spiro atoms. The van der Waals surface area contributed by atoms with Crippen LogP contribution in [0.15, 0.2) is 18.2 Å². The Morgan fingerprint density at radius 2 is 1.86 bits per heavy atom. The van der Waals surface area contributed by atoms with Crippen LogP contribution in [0.3, 0.4) is 0 Å². The maximum atomic E-state index is 12.5. The van der Waals surface area contributed by atoms with Crippen LogP contribution in [-0.2, 0) is 0 Å². The SMILES string of the molecule is Cc1ccc2c(c1)C(=O)N(C1CCN(CC#N)CC1)C2=O. The summed E-state index contributed by atoms with van der Waals surface area (Å²) in [6.07, 6.45) is 1.48. The van der Waals surface area contributed by atoms with Gasteiger partial charge in [-0.1, -0.05) is 11.6 Å². The fraction of sp³-hybridized carbons (Fsp3) is 0.438. The van der Waals surface area contributed by atoms with Gasteiger partial charge in [-0.05, 0) is 31.9 Å². The Kier molecular flexibility index (Phi) is 3.48. The lowest BCUT2D eigenvalue weighted by molar-refractivity contribution is 0.0510. The monoisotopic (exact) mass is 283 g/mol.